The first-order valence-electron chi connectivity index (χ1n) is 4.76. The lowest BCUT2D eigenvalue weighted by molar-refractivity contribution is -0.142. The van der Waals surface area contributed by atoms with E-state index in [0.29, 0.717) is 0 Å². The molecule has 3 atom stereocenters. The zero-order chi connectivity index (χ0) is 11.3. The molecular formula is C9H20N2O3. The zero-order valence-corrected chi connectivity index (χ0v) is 8.68. The molecule has 0 aliphatic carbocycles. The third-order valence-corrected chi connectivity index (χ3v) is 2.37. The van der Waals surface area contributed by atoms with Crippen LogP contribution in [0.25, 0.3) is 0 Å². The average molecular weight is 204 g/mol. The van der Waals surface area contributed by atoms with Gasteiger partial charge in [-0.3, -0.25) is 4.79 Å². The Morgan fingerprint density at radius 1 is 1.43 bits per heavy atom. The molecule has 6 N–H and O–H groups in total. The molecule has 0 aliphatic rings. The normalized spacial score (nSPS) is 17.9. The second kappa shape index (κ2) is 5.95. The molecule has 0 saturated heterocycles. The van der Waals surface area contributed by atoms with Gasteiger partial charge in [0.05, 0.1) is 12.0 Å². The molecule has 0 saturated carbocycles. The summed E-state index contributed by atoms with van der Waals surface area (Å²) >= 11 is 0. The van der Waals surface area contributed by atoms with Crippen LogP contribution in [0.5, 0.6) is 0 Å². The monoisotopic (exact) mass is 204 g/mol. The Bertz CT molecular complexity index is 185. The highest BCUT2D eigenvalue weighted by Gasteiger charge is 2.25. The molecule has 0 fully saturated rings. The van der Waals surface area contributed by atoms with Crippen LogP contribution >= 0.6 is 0 Å². The average Bonchev–Trinajstić information content (AvgIpc) is 2.11. The van der Waals surface area contributed by atoms with Gasteiger partial charge >= 0.3 is 5.97 Å². The fourth-order valence-electron chi connectivity index (χ4n) is 1.19. The number of carbonyl (C=O) groups is 1. The van der Waals surface area contributed by atoms with Crippen molar-refractivity contribution in [3.63, 3.8) is 0 Å². The fourth-order valence-corrected chi connectivity index (χ4v) is 1.19. The summed E-state index contributed by atoms with van der Waals surface area (Å²) in [5.41, 5.74) is 10.9. The van der Waals surface area contributed by atoms with E-state index in [4.69, 9.17) is 16.6 Å². The molecule has 0 radical (unpaired) electrons. The Morgan fingerprint density at radius 3 is 2.21 bits per heavy atom. The van der Waals surface area contributed by atoms with Crippen LogP contribution in [0.3, 0.4) is 0 Å². The molecule has 84 valence electrons. The van der Waals surface area contributed by atoms with E-state index in [1.54, 1.807) is 0 Å². The van der Waals surface area contributed by atoms with Crippen molar-refractivity contribution < 1.29 is 15.0 Å². The summed E-state index contributed by atoms with van der Waals surface area (Å²) in [6.45, 7) is 3.79. The Kier molecular flexibility index (Phi) is 5.68. The van der Waals surface area contributed by atoms with Gasteiger partial charge in [-0.1, -0.05) is 13.8 Å². The Balaban J connectivity index is 4.14. The molecule has 0 aliphatic heterocycles. The second-order valence-corrected chi connectivity index (χ2v) is 3.90. The lowest BCUT2D eigenvalue weighted by atomic mass is 9.92. The van der Waals surface area contributed by atoms with Gasteiger partial charge in [0.2, 0.25) is 0 Å². The maximum absolute atomic E-state index is 10.6. The highest BCUT2D eigenvalue weighted by molar-refractivity contribution is 5.70. The van der Waals surface area contributed by atoms with Gasteiger partial charge in [-0.05, 0) is 12.3 Å². The highest BCUT2D eigenvalue weighted by Crippen LogP contribution is 2.12. The first-order chi connectivity index (χ1) is 6.40. The lowest BCUT2D eigenvalue weighted by Crippen LogP contribution is -2.42. The van der Waals surface area contributed by atoms with E-state index < -0.39 is 24.0 Å². The molecule has 0 aromatic rings. The van der Waals surface area contributed by atoms with Gasteiger partial charge in [-0.15, -0.1) is 0 Å². The van der Waals surface area contributed by atoms with Crippen molar-refractivity contribution in [1.29, 1.82) is 0 Å². The van der Waals surface area contributed by atoms with Crippen molar-refractivity contribution in [3.8, 4) is 0 Å². The van der Waals surface area contributed by atoms with Gasteiger partial charge in [0.1, 0.15) is 0 Å². The first kappa shape index (κ1) is 13.4. The number of rotatable bonds is 6. The molecule has 0 aromatic carbocycles. The minimum absolute atomic E-state index is 0.0250. The first-order valence-corrected chi connectivity index (χ1v) is 4.76. The van der Waals surface area contributed by atoms with Crippen molar-refractivity contribution in [2.45, 2.75) is 32.4 Å². The van der Waals surface area contributed by atoms with E-state index in [1.807, 2.05) is 13.8 Å². The van der Waals surface area contributed by atoms with Crippen molar-refractivity contribution in [2.75, 3.05) is 6.54 Å². The third-order valence-electron chi connectivity index (χ3n) is 2.37. The van der Waals surface area contributed by atoms with Gasteiger partial charge in [0.15, 0.2) is 0 Å². The number of hydrogen-bond acceptors (Lipinski definition) is 4. The molecule has 0 heterocycles. The van der Waals surface area contributed by atoms with Crippen molar-refractivity contribution in [1.82, 2.24) is 0 Å². The van der Waals surface area contributed by atoms with Gasteiger partial charge in [0.25, 0.3) is 0 Å². The molecule has 5 heteroatoms. The molecular weight excluding hydrogens is 184 g/mol. The largest absolute Gasteiger partial charge is 0.481 e. The SMILES string of the molecule is CC(C)[C@H](N)[C@@H](O)C[C@H](CN)C(=O)O. The summed E-state index contributed by atoms with van der Waals surface area (Å²) in [5, 5.41) is 18.3. The topological polar surface area (TPSA) is 110 Å². The van der Waals surface area contributed by atoms with Crippen molar-refractivity contribution >= 4 is 5.97 Å². The summed E-state index contributed by atoms with van der Waals surface area (Å²) < 4.78 is 0. The number of aliphatic hydroxyl groups is 1. The smallest absolute Gasteiger partial charge is 0.307 e. The third kappa shape index (κ3) is 4.04. The second-order valence-electron chi connectivity index (χ2n) is 3.90. The number of hydrogen-bond donors (Lipinski definition) is 4. The molecule has 14 heavy (non-hydrogen) atoms. The molecule has 0 aromatic heterocycles. The number of aliphatic hydroxyl groups excluding tert-OH is 1. The predicted molar refractivity (Wildman–Crippen MR) is 53.6 cm³/mol. The molecule has 0 rings (SSSR count). The zero-order valence-electron chi connectivity index (χ0n) is 8.68. The van der Waals surface area contributed by atoms with Crippen LogP contribution in [0.2, 0.25) is 0 Å². The summed E-state index contributed by atoms with van der Waals surface area (Å²) in [7, 11) is 0. The molecule has 0 amide bonds. The van der Waals surface area contributed by atoms with E-state index in [2.05, 4.69) is 0 Å². The van der Waals surface area contributed by atoms with Crippen LogP contribution in [-0.2, 0) is 4.79 Å². The molecule has 5 nitrogen and oxygen atoms in total. The fraction of sp³-hybridized carbons (Fsp3) is 0.889. The minimum atomic E-state index is -0.984. The minimum Gasteiger partial charge on any atom is -0.481 e. The Hall–Kier alpha value is -0.650. The van der Waals surface area contributed by atoms with E-state index in [1.165, 1.54) is 0 Å². The van der Waals surface area contributed by atoms with Crippen LogP contribution in [0.4, 0.5) is 0 Å². The molecule has 0 bridgehead atoms. The van der Waals surface area contributed by atoms with E-state index in [0.717, 1.165) is 0 Å². The summed E-state index contributed by atoms with van der Waals surface area (Å²) in [6, 6.07) is -0.400. The summed E-state index contributed by atoms with van der Waals surface area (Å²) in [6.07, 6.45) is -0.690. The van der Waals surface area contributed by atoms with Gasteiger partial charge in [-0.2, -0.15) is 0 Å². The van der Waals surface area contributed by atoms with Gasteiger partial charge in [-0.25, -0.2) is 0 Å². The van der Waals surface area contributed by atoms with Crippen LogP contribution in [-0.4, -0.2) is 34.9 Å². The van der Waals surface area contributed by atoms with Crippen LogP contribution in [0, 0.1) is 11.8 Å². The number of carboxylic acids is 1. The van der Waals surface area contributed by atoms with E-state index in [9.17, 15) is 9.90 Å². The number of carboxylic acid groups (broad SMARTS) is 1. The maximum atomic E-state index is 10.6. The maximum Gasteiger partial charge on any atom is 0.307 e. The van der Waals surface area contributed by atoms with Crippen LogP contribution in [0.15, 0.2) is 0 Å². The van der Waals surface area contributed by atoms with E-state index >= 15 is 0 Å². The molecule has 0 unspecified atom stereocenters. The summed E-state index contributed by atoms with van der Waals surface area (Å²) in [4.78, 5) is 10.6. The summed E-state index contributed by atoms with van der Waals surface area (Å²) in [5.74, 6) is -1.57. The van der Waals surface area contributed by atoms with Gasteiger partial charge in [0, 0.05) is 12.6 Å². The van der Waals surface area contributed by atoms with E-state index in [-0.39, 0.29) is 18.9 Å². The highest BCUT2D eigenvalue weighted by atomic mass is 16.4. The number of nitrogens with two attached hydrogens (primary N) is 2. The van der Waals surface area contributed by atoms with Crippen LogP contribution < -0.4 is 11.5 Å². The predicted octanol–water partition coefficient (Wildman–Crippen LogP) is -0.620. The quantitative estimate of drug-likeness (QED) is 0.461. The Labute approximate surface area is 84.1 Å². The number of aliphatic carboxylic acids is 1. The Morgan fingerprint density at radius 2 is 1.93 bits per heavy atom. The standard InChI is InChI=1S/C9H20N2O3/c1-5(2)8(11)7(12)3-6(4-10)9(13)14/h5-8,12H,3-4,10-11H2,1-2H3,(H,13,14)/t6-,7+,8+/m1/s1. The van der Waals surface area contributed by atoms with Gasteiger partial charge < -0.3 is 21.7 Å². The van der Waals surface area contributed by atoms with Crippen molar-refractivity contribution in [2.24, 2.45) is 23.3 Å². The van der Waals surface area contributed by atoms with Crippen molar-refractivity contribution in [3.05, 3.63) is 0 Å². The lowest BCUT2D eigenvalue weighted by Gasteiger charge is -2.24. The molecule has 0 spiro atoms. The van der Waals surface area contributed by atoms with Crippen LogP contribution in [0.1, 0.15) is 20.3 Å².